The summed E-state index contributed by atoms with van der Waals surface area (Å²) in [5.74, 6) is 0.0586. The average Bonchev–Trinajstić information content (AvgIpc) is 3.40. The first-order valence-corrected chi connectivity index (χ1v) is 16.0. The van der Waals surface area contributed by atoms with Crippen LogP contribution >= 0.6 is 0 Å². The summed E-state index contributed by atoms with van der Waals surface area (Å²) in [6.45, 7) is 1.06. The quantitative estimate of drug-likeness (QED) is 0.106. The molecule has 2 aliphatic heterocycles. The SMILES string of the molecule is CN[C@@H](CC(=O)O)C(=O)NCCCCCCOc1cccc(Cc2nc3c(Cc4ccccc4)[nH]c(-c4ccccc4)cn-3c2=O)c1. The molecule has 244 valence electrons. The van der Waals surface area contributed by atoms with Gasteiger partial charge in [0.15, 0.2) is 5.82 Å². The molecule has 0 saturated heterocycles. The molecule has 0 radical (unpaired) electrons. The summed E-state index contributed by atoms with van der Waals surface area (Å²) in [4.78, 5) is 45.0. The standard InChI is InChI=1S/C37H41N5O5/c1-38-31(24-34(43)44)36(45)39-19-10-2-3-11-20-47-29-18-12-15-27(21-29)23-32-37(46)42-25-33(28-16-8-5-9-17-28)40-30(35(42)41-32)22-26-13-6-4-7-14-26/h4-9,12-18,21,25,31,38,40H,2-3,10-11,19-20,22-24H2,1H3,(H,39,45)(H,43,44)/t31-/m0/s1. The number of fused-ring (bicyclic) bond motifs is 1. The second-order valence-electron chi connectivity index (χ2n) is 11.5. The number of hydrogen-bond donors (Lipinski definition) is 4. The van der Waals surface area contributed by atoms with Gasteiger partial charge in [0.1, 0.15) is 11.4 Å². The molecule has 4 N–H and O–H groups in total. The Hall–Kier alpha value is -5.22. The van der Waals surface area contributed by atoms with Crippen molar-refractivity contribution in [2.75, 3.05) is 20.2 Å². The first kappa shape index (κ1) is 33.2. The number of aromatic amines is 1. The number of benzene rings is 3. The van der Waals surface area contributed by atoms with Crippen molar-refractivity contribution in [3.05, 3.63) is 124 Å². The lowest BCUT2D eigenvalue weighted by molar-refractivity contribution is -0.139. The van der Waals surface area contributed by atoms with Crippen molar-refractivity contribution >= 4 is 11.9 Å². The van der Waals surface area contributed by atoms with Gasteiger partial charge in [-0.25, -0.2) is 4.98 Å². The van der Waals surface area contributed by atoms with Gasteiger partial charge in [-0.05, 0) is 48.7 Å². The van der Waals surface area contributed by atoms with Crippen LogP contribution in [0.3, 0.4) is 0 Å². The van der Waals surface area contributed by atoms with E-state index in [0.29, 0.717) is 37.5 Å². The van der Waals surface area contributed by atoms with Gasteiger partial charge in [0.2, 0.25) is 5.91 Å². The van der Waals surface area contributed by atoms with Crippen molar-refractivity contribution in [1.29, 1.82) is 0 Å². The van der Waals surface area contributed by atoms with Crippen molar-refractivity contribution in [2.45, 2.75) is 51.0 Å². The summed E-state index contributed by atoms with van der Waals surface area (Å²) < 4.78 is 7.67. The number of ether oxygens (including phenoxy) is 1. The van der Waals surface area contributed by atoms with Crippen LogP contribution in [0.1, 0.15) is 54.6 Å². The molecule has 0 unspecified atom stereocenters. The molecule has 0 aromatic heterocycles. The first-order valence-electron chi connectivity index (χ1n) is 16.0. The third-order valence-corrected chi connectivity index (χ3v) is 8.01. The lowest BCUT2D eigenvalue weighted by atomic mass is 10.1. The number of imidazole rings is 1. The lowest BCUT2D eigenvalue weighted by Gasteiger charge is -2.13. The smallest absolute Gasteiger partial charge is 0.305 e. The maximum absolute atomic E-state index is 13.7. The largest absolute Gasteiger partial charge is 0.494 e. The maximum Gasteiger partial charge on any atom is 0.305 e. The molecular weight excluding hydrogens is 594 g/mol. The second-order valence-corrected chi connectivity index (χ2v) is 11.5. The Labute approximate surface area is 274 Å². The molecule has 1 atom stereocenters. The monoisotopic (exact) mass is 635 g/mol. The summed E-state index contributed by atoms with van der Waals surface area (Å²) in [6.07, 6.45) is 6.11. The molecule has 2 aliphatic rings. The van der Waals surface area contributed by atoms with Gasteiger partial charge >= 0.3 is 5.97 Å². The number of H-pyrrole nitrogens is 1. The number of carbonyl (C=O) groups excluding carboxylic acids is 1. The minimum Gasteiger partial charge on any atom is -0.494 e. The number of aromatic nitrogens is 3. The molecule has 3 aromatic rings. The highest BCUT2D eigenvalue weighted by Gasteiger charge is 2.21. The lowest BCUT2D eigenvalue weighted by Crippen LogP contribution is -2.44. The zero-order valence-corrected chi connectivity index (χ0v) is 26.6. The molecular formula is C37H41N5O5. The molecule has 2 heterocycles. The van der Waals surface area contributed by atoms with E-state index in [-0.39, 0.29) is 17.9 Å². The van der Waals surface area contributed by atoms with E-state index in [9.17, 15) is 14.4 Å². The van der Waals surface area contributed by atoms with E-state index in [1.807, 2.05) is 79.0 Å². The minimum atomic E-state index is -1.01. The number of unbranched alkanes of at least 4 members (excludes halogenated alkanes) is 3. The number of aliphatic carboxylic acids is 1. The van der Waals surface area contributed by atoms with Gasteiger partial charge in [-0.1, -0.05) is 85.6 Å². The summed E-state index contributed by atoms with van der Waals surface area (Å²) in [7, 11) is 1.58. The fourth-order valence-electron chi connectivity index (χ4n) is 5.52. The van der Waals surface area contributed by atoms with Crippen molar-refractivity contribution in [2.24, 2.45) is 0 Å². The van der Waals surface area contributed by atoms with Crippen LogP contribution in [0.5, 0.6) is 5.75 Å². The summed E-state index contributed by atoms with van der Waals surface area (Å²) in [6, 6.07) is 27.2. The van der Waals surface area contributed by atoms with E-state index in [1.54, 1.807) is 11.6 Å². The molecule has 0 fully saturated rings. The number of hydrogen-bond acceptors (Lipinski definition) is 6. The second kappa shape index (κ2) is 16.4. The Balaban J connectivity index is 1.18. The zero-order chi connectivity index (χ0) is 33.0. The maximum atomic E-state index is 13.7. The number of likely N-dealkylation sites (N-methyl/N-ethyl adjacent to an activating group) is 1. The Bertz CT molecular complexity index is 1780. The van der Waals surface area contributed by atoms with E-state index in [4.69, 9.17) is 14.8 Å². The molecule has 0 bridgehead atoms. The highest BCUT2D eigenvalue weighted by atomic mass is 16.5. The zero-order valence-electron chi connectivity index (χ0n) is 26.6. The van der Waals surface area contributed by atoms with E-state index in [2.05, 4.69) is 27.8 Å². The number of nitrogens with zero attached hydrogens (tertiary/aromatic N) is 2. The van der Waals surface area contributed by atoms with Crippen LogP contribution in [0.15, 0.2) is 95.9 Å². The molecule has 0 saturated carbocycles. The van der Waals surface area contributed by atoms with Gasteiger partial charge in [-0.2, -0.15) is 0 Å². The molecule has 3 aromatic carbocycles. The predicted molar refractivity (Wildman–Crippen MR) is 181 cm³/mol. The Morgan fingerprint density at radius 2 is 1.64 bits per heavy atom. The highest BCUT2D eigenvalue weighted by Crippen LogP contribution is 2.24. The average molecular weight is 636 g/mol. The van der Waals surface area contributed by atoms with E-state index in [1.165, 1.54) is 0 Å². The molecule has 10 nitrogen and oxygen atoms in total. The van der Waals surface area contributed by atoms with Crippen LogP contribution in [0.25, 0.3) is 17.1 Å². The van der Waals surface area contributed by atoms with Gasteiger partial charge < -0.3 is 25.5 Å². The first-order chi connectivity index (χ1) is 22.9. The van der Waals surface area contributed by atoms with Crippen molar-refractivity contribution in [3.63, 3.8) is 0 Å². The molecule has 0 aliphatic carbocycles. The van der Waals surface area contributed by atoms with Gasteiger partial charge in [0.05, 0.1) is 30.5 Å². The van der Waals surface area contributed by atoms with Gasteiger partial charge in [-0.3, -0.25) is 19.0 Å². The number of carbonyl (C=O) groups is 2. The predicted octanol–water partition coefficient (Wildman–Crippen LogP) is 4.97. The Morgan fingerprint density at radius 3 is 2.38 bits per heavy atom. The van der Waals surface area contributed by atoms with Crippen LogP contribution < -0.4 is 20.9 Å². The molecule has 0 spiro atoms. The Morgan fingerprint density at radius 1 is 0.915 bits per heavy atom. The van der Waals surface area contributed by atoms with Crippen LogP contribution in [-0.4, -0.2) is 57.8 Å². The molecule has 47 heavy (non-hydrogen) atoms. The van der Waals surface area contributed by atoms with Crippen LogP contribution in [0, 0.1) is 0 Å². The summed E-state index contributed by atoms with van der Waals surface area (Å²) in [5.41, 5.74) is 5.13. The van der Waals surface area contributed by atoms with Crippen molar-refractivity contribution in [3.8, 4) is 22.8 Å². The number of nitrogens with one attached hydrogen (secondary N) is 3. The highest BCUT2D eigenvalue weighted by molar-refractivity contribution is 5.86. The number of carboxylic acid groups (broad SMARTS) is 1. The summed E-state index contributed by atoms with van der Waals surface area (Å²) in [5, 5.41) is 14.4. The minimum absolute atomic E-state index is 0.133. The fraction of sp³-hybridized carbons (Fsp3) is 0.297. The molecule has 1 amide bonds. The Kier molecular flexibility index (Phi) is 11.5. The summed E-state index contributed by atoms with van der Waals surface area (Å²) >= 11 is 0. The number of rotatable bonds is 17. The van der Waals surface area contributed by atoms with Crippen molar-refractivity contribution < 1.29 is 19.4 Å². The van der Waals surface area contributed by atoms with E-state index >= 15 is 0 Å². The van der Waals surface area contributed by atoms with Gasteiger partial charge in [0, 0.05) is 25.6 Å². The normalized spacial score (nSPS) is 11.8. The third-order valence-electron chi connectivity index (χ3n) is 8.01. The van der Waals surface area contributed by atoms with E-state index < -0.39 is 12.0 Å². The fourth-order valence-corrected chi connectivity index (χ4v) is 5.52. The van der Waals surface area contributed by atoms with Gasteiger partial charge in [-0.15, -0.1) is 0 Å². The third kappa shape index (κ3) is 9.17. The topological polar surface area (TPSA) is 138 Å². The van der Waals surface area contributed by atoms with Gasteiger partial charge in [0.25, 0.3) is 5.56 Å². The molecule has 5 rings (SSSR count). The number of carboxylic acids is 1. The number of amides is 1. The van der Waals surface area contributed by atoms with Crippen LogP contribution in [0.2, 0.25) is 0 Å². The van der Waals surface area contributed by atoms with Crippen LogP contribution in [0.4, 0.5) is 0 Å². The molecule has 10 heteroatoms. The van der Waals surface area contributed by atoms with E-state index in [0.717, 1.165) is 59.5 Å². The van der Waals surface area contributed by atoms with Crippen LogP contribution in [-0.2, 0) is 22.4 Å². The van der Waals surface area contributed by atoms with Crippen molar-refractivity contribution in [1.82, 2.24) is 25.2 Å².